The van der Waals surface area contributed by atoms with Crippen molar-refractivity contribution in [2.24, 2.45) is 5.41 Å². The van der Waals surface area contributed by atoms with E-state index >= 15 is 0 Å². The first-order valence-electron chi connectivity index (χ1n) is 6.31. The molecule has 2 nitrogen and oxygen atoms in total. The fraction of sp³-hybridized carbons (Fsp3) is 0.533. The van der Waals surface area contributed by atoms with Gasteiger partial charge in [-0.2, -0.15) is 0 Å². The molecule has 0 amide bonds. The van der Waals surface area contributed by atoms with Gasteiger partial charge in [-0.25, -0.2) is 0 Å². The normalized spacial score (nSPS) is 18.0. The first kappa shape index (κ1) is 12.2. The van der Waals surface area contributed by atoms with E-state index in [9.17, 15) is 4.79 Å². The maximum atomic E-state index is 12.0. The van der Waals surface area contributed by atoms with Crippen molar-refractivity contribution in [2.45, 2.75) is 39.0 Å². The van der Waals surface area contributed by atoms with Gasteiger partial charge in [0.15, 0.2) is 0 Å². The number of carbonyl (C=O) groups excluding carboxylic acids is 1. The number of ether oxygens (including phenoxy) is 1. The molecule has 0 saturated heterocycles. The maximum absolute atomic E-state index is 12.0. The Morgan fingerprint density at radius 1 is 1.29 bits per heavy atom. The number of rotatable bonds is 3. The summed E-state index contributed by atoms with van der Waals surface area (Å²) in [5.74, 6) is -0.0294. The number of aryl methyl sites for hydroxylation is 1. The first-order chi connectivity index (χ1) is 8.18. The molecule has 0 N–H and O–H groups in total. The van der Waals surface area contributed by atoms with E-state index < -0.39 is 0 Å². The van der Waals surface area contributed by atoms with Gasteiger partial charge in [-0.05, 0) is 37.3 Å². The summed E-state index contributed by atoms with van der Waals surface area (Å²) in [6.45, 7) is 2.11. The monoisotopic (exact) mass is 232 g/mol. The highest BCUT2D eigenvalue weighted by Gasteiger charge is 2.42. The van der Waals surface area contributed by atoms with Gasteiger partial charge in [0.1, 0.15) is 0 Å². The van der Waals surface area contributed by atoms with Crippen LogP contribution in [0.3, 0.4) is 0 Å². The molecule has 92 valence electrons. The zero-order valence-electron chi connectivity index (χ0n) is 10.7. The predicted octanol–water partition coefficient (Wildman–Crippen LogP) is 3.27. The molecule has 1 fully saturated rings. The molecule has 1 aromatic carbocycles. The highest BCUT2D eigenvalue weighted by Crippen LogP contribution is 2.42. The van der Waals surface area contributed by atoms with E-state index in [1.54, 1.807) is 0 Å². The summed E-state index contributed by atoms with van der Waals surface area (Å²) >= 11 is 0. The van der Waals surface area contributed by atoms with Crippen molar-refractivity contribution in [1.29, 1.82) is 0 Å². The summed E-state index contributed by atoms with van der Waals surface area (Å²) in [6, 6.07) is 8.31. The van der Waals surface area contributed by atoms with Crippen LogP contribution in [0.4, 0.5) is 0 Å². The van der Waals surface area contributed by atoms with Gasteiger partial charge in [0.05, 0.1) is 12.5 Å². The van der Waals surface area contributed by atoms with Crippen molar-refractivity contribution in [2.75, 3.05) is 7.11 Å². The minimum Gasteiger partial charge on any atom is -0.469 e. The van der Waals surface area contributed by atoms with Crippen molar-refractivity contribution in [1.82, 2.24) is 0 Å². The van der Waals surface area contributed by atoms with Crippen molar-refractivity contribution >= 4 is 5.97 Å². The Kier molecular flexibility index (Phi) is 3.51. The topological polar surface area (TPSA) is 26.3 Å². The van der Waals surface area contributed by atoms with Crippen molar-refractivity contribution in [3.05, 3.63) is 35.4 Å². The molecule has 2 rings (SSSR count). The van der Waals surface area contributed by atoms with E-state index in [0.717, 1.165) is 32.1 Å². The molecular formula is C15H20O2. The highest BCUT2D eigenvalue weighted by atomic mass is 16.5. The highest BCUT2D eigenvalue weighted by molar-refractivity contribution is 5.77. The van der Waals surface area contributed by atoms with Crippen LogP contribution in [0.1, 0.15) is 36.8 Å². The Balaban J connectivity index is 2.25. The van der Waals surface area contributed by atoms with Gasteiger partial charge in [0.25, 0.3) is 0 Å². The van der Waals surface area contributed by atoms with Crippen LogP contribution in [0.5, 0.6) is 0 Å². The fourth-order valence-electron chi connectivity index (χ4n) is 2.89. The summed E-state index contributed by atoms with van der Waals surface area (Å²) in [4.78, 5) is 12.0. The van der Waals surface area contributed by atoms with E-state index in [-0.39, 0.29) is 11.4 Å². The van der Waals surface area contributed by atoms with Crippen molar-refractivity contribution in [3.8, 4) is 0 Å². The van der Waals surface area contributed by atoms with Crippen LogP contribution in [0, 0.1) is 12.3 Å². The summed E-state index contributed by atoms with van der Waals surface area (Å²) in [5, 5.41) is 0. The van der Waals surface area contributed by atoms with E-state index in [0.29, 0.717) is 0 Å². The Morgan fingerprint density at radius 2 is 1.94 bits per heavy atom. The zero-order chi connectivity index (χ0) is 12.3. The minimum atomic E-state index is -0.263. The Hall–Kier alpha value is -1.31. The average molecular weight is 232 g/mol. The quantitative estimate of drug-likeness (QED) is 0.748. The Morgan fingerprint density at radius 3 is 2.53 bits per heavy atom. The number of esters is 1. The number of carbonyl (C=O) groups is 1. The molecule has 0 bridgehead atoms. The van der Waals surface area contributed by atoms with Crippen LogP contribution < -0.4 is 0 Å². The number of hydrogen-bond donors (Lipinski definition) is 0. The molecule has 2 heteroatoms. The third-order valence-corrected chi connectivity index (χ3v) is 3.97. The second kappa shape index (κ2) is 4.91. The lowest BCUT2D eigenvalue weighted by Crippen LogP contribution is -2.31. The molecule has 1 aliphatic rings. The second-order valence-electron chi connectivity index (χ2n) is 5.08. The SMILES string of the molecule is COC(=O)C1(Cc2ccccc2C)CCCC1. The van der Waals surface area contributed by atoms with E-state index in [2.05, 4.69) is 19.1 Å². The van der Waals surface area contributed by atoms with Crippen molar-refractivity contribution in [3.63, 3.8) is 0 Å². The molecule has 1 saturated carbocycles. The first-order valence-corrected chi connectivity index (χ1v) is 6.31. The third kappa shape index (κ3) is 2.36. The molecule has 0 radical (unpaired) electrons. The standard InChI is InChI=1S/C15H20O2/c1-12-7-3-4-8-13(12)11-15(14(16)17-2)9-5-6-10-15/h3-4,7-8H,5-6,9-11H2,1-2H3. The molecule has 0 aliphatic heterocycles. The van der Waals surface area contributed by atoms with Crippen LogP contribution in [0.15, 0.2) is 24.3 Å². The molecule has 17 heavy (non-hydrogen) atoms. The number of hydrogen-bond acceptors (Lipinski definition) is 2. The molecule has 0 aromatic heterocycles. The van der Waals surface area contributed by atoms with Gasteiger partial charge >= 0.3 is 5.97 Å². The summed E-state index contributed by atoms with van der Waals surface area (Å²) < 4.78 is 5.01. The summed E-state index contributed by atoms with van der Waals surface area (Å²) in [5.41, 5.74) is 2.28. The van der Waals surface area contributed by atoms with Gasteiger partial charge in [-0.3, -0.25) is 4.79 Å². The molecule has 0 spiro atoms. The van der Waals surface area contributed by atoms with E-state index in [4.69, 9.17) is 4.74 Å². The lowest BCUT2D eigenvalue weighted by Gasteiger charge is -2.26. The van der Waals surface area contributed by atoms with Crippen LogP contribution >= 0.6 is 0 Å². The van der Waals surface area contributed by atoms with Crippen LogP contribution in [0.2, 0.25) is 0 Å². The maximum Gasteiger partial charge on any atom is 0.312 e. The fourth-order valence-corrected chi connectivity index (χ4v) is 2.89. The molecule has 0 unspecified atom stereocenters. The predicted molar refractivity (Wildman–Crippen MR) is 67.8 cm³/mol. The van der Waals surface area contributed by atoms with Crippen LogP contribution in [-0.4, -0.2) is 13.1 Å². The van der Waals surface area contributed by atoms with Crippen LogP contribution in [0.25, 0.3) is 0 Å². The minimum absolute atomic E-state index is 0.0294. The molecular weight excluding hydrogens is 212 g/mol. The largest absolute Gasteiger partial charge is 0.469 e. The lowest BCUT2D eigenvalue weighted by atomic mass is 9.79. The van der Waals surface area contributed by atoms with E-state index in [1.807, 2.05) is 12.1 Å². The molecule has 0 heterocycles. The van der Waals surface area contributed by atoms with Crippen LogP contribution in [-0.2, 0) is 16.0 Å². The molecule has 1 aliphatic carbocycles. The van der Waals surface area contributed by atoms with Gasteiger partial charge in [-0.15, -0.1) is 0 Å². The molecule has 1 aromatic rings. The molecule has 0 atom stereocenters. The lowest BCUT2D eigenvalue weighted by molar-refractivity contribution is -0.152. The van der Waals surface area contributed by atoms with Gasteiger partial charge in [0, 0.05) is 0 Å². The smallest absolute Gasteiger partial charge is 0.312 e. The number of benzene rings is 1. The third-order valence-electron chi connectivity index (χ3n) is 3.97. The van der Waals surface area contributed by atoms with Gasteiger partial charge < -0.3 is 4.74 Å². The van der Waals surface area contributed by atoms with Gasteiger partial charge in [0.2, 0.25) is 0 Å². The average Bonchev–Trinajstić information content (AvgIpc) is 2.81. The van der Waals surface area contributed by atoms with Gasteiger partial charge in [-0.1, -0.05) is 37.1 Å². The summed E-state index contributed by atoms with van der Waals surface area (Å²) in [7, 11) is 1.50. The Labute approximate surface area is 103 Å². The Bertz CT molecular complexity index is 403. The second-order valence-corrected chi connectivity index (χ2v) is 5.08. The number of methoxy groups -OCH3 is 1. The van der Waals surface area contributed by atoms with E-state index in [1.165, 1.54) is 18.2 Å². The summed E-state index contributed by atoms with van der Waals surface area (Å²) in [6.07, 6.45) is 5.04. The van der Waals surface area contributed by atoms with Crippen molar-refractivity contribution < 1.29 is 9.53 Å². The zero-order valence-corrected chi connectivity index (χ0v) is 10.7.